The largest absolute Gasteiger partial charge is 0.508 e. The van der Waals surface area contributed by atoms with Crippen LogP contribution in [0.4, 0.5) is 11.4 Å². The Morgan fingerprint density at radius 2 is 1.58 bits per heavy atom. The number of ether oxygens (including phenoxy) is 1. The second kappa shape index (κ2) is 7.34. The summed E-state index contributed by atoms with van der Waals surface area (Å²) in [6.07, 6.45) is 3.91. The zero-order valence-corrected chi connectivity index (χ0v) is 14.7. The summed E-state index contributed by atoms with van der Waals surface area (Å²) < 4.78 is 5.65. The second-order valence-corrected chi connectivity index (χ2v) is 6.44. The van der Waals surface area contributed by atoms with E-state index in [1.165, 1.54) is 0 Å². The van der Waals surface area contributed by atoms with Crippen molar-refractivity contribution in [1.82, 2.24) is 0 Å². The average Bonchev–Trinajstić information content (AvgIpc) is 2.94. The summed E-state index contributed by atoms with van der Waals surface area (Å²) in [6, 6.07) is 16.4. The lowest BCUT2D eigenvalue weighted by Crippen LogP contribution is -2.20. The van der Waals surface area contributed by atoms with Gasteiger partial charge in [-0.05, 0) is 61.4 Å². The molecule has 0 radical (unpaired) electrons. The standard InChI is InChI=1S/C21H19N3O2/c1-21(2)20(16(13-22)14-26-21)12-5-15-3-6-17(7-4-15)23-24-18-8-10-19(25)11-9-18/h3-12,25H,14H2,1-2H3/b12-5+,24-23?. The van der Waals surface area contributed by atoms with Crippen LogP contribution in [0.15, 0.2) is 76.0 Å². The lowest BCUT2D eigenvalue weighted by molar-refractivity contribution is 0.0512. The molecule has 26 heavy (non-hydrogen) atoms. The molecule has 5 heteroatoms. The summed E-state index contributed by atoms with van der Waals surface area (Å²) in [5.41, 5.74) is 3.55. The first-order chi connectivity index (χ1) is 12.5. The minimum absolute atomic E-state index is 0.200. The molecule has 1 N–H and O–H groups in total. The Morgan fingerprint density at radius 1 is 1.00 bits per heavy atom. The third-order valence-electron chi connectivity index (χ3n) is 4.15. The molecule has 0 saturated heterocycles. The van der Waals surface area contributed by atoms with Gasteiger partial charge in [0.05, 0.1) is 35.2 Å². The van der Waals surface area contributed by atoms with Crippen molar-refractivity contribution in [2.45, 2.75) is 19.4 Å². The molecule has 0 aliphatic carbocycles. The molecule has 0 fully saturated rings. The highest BCUT2D eigenvalue weighted by molar-refractivity contribution is 5.59. The second-order valence-electron chi connectivity index (χ2n) is 6.44. The van der Waals surface area contributed by atoms with Gasteiger partial charge in [0.1, 0.15) is 5.75 Å². The topological polar surface area (TPSA) is 78.0 Å². The van der Waals surface area contributed by atoms with Gasteiger partial charge in [-0.3, -0.25) is 0 Å². The Morgan fingerprint density at radius 3 is 2.15 bits per heavy atom. The van der Waals surface area contributed by atoms with Gasteiger partial charge in [0, 0.05) is 0 Å². The lowest BCUT2D eigenvalue weighted by Gasteiger charge is -2.19. The lowest BCUT2D eigenvalue weighted by atomic mass is 9.95. The number of rotatable bonds is 4. The number of benzene rings is 2. The van der Waals surface area contributed by atoms with Crippen LogP contribution < -0.4 is 0 Å². The molecule has 0 aromatic heterocycles. The molecular formula is C21H19N3O2. The Bertz CT molecular complexity index is 915. The zero-order valence-electron chi connectivity index (χ0n) is 14.7. The molecule has 5 nitrogen and oxygen atoms in total. The van der Waals surface area contributed by atoms with Crippen LogP contribution in [0.2, 0.25) is 0 Å². The van der Waals surface area contributed by atoms with E-state index < -0.39 is 5.60 Å². The molecule has 2 aromatic rings. The van der Waals surface area contributed by atoms with Crippen LogP contribution in [0.3, 0.4) is 0 Å². The molecule has 0 atom stereocenters. The van der Waals surface area contributed by atoms with Gasteiger partial charge in [0.15, 0.2) is 0 Å². The summed E-state index contributed by atoms with van der Waals surface area (Å²) in [4.78, 5) is 0. The van der Waals surface area contributed by atoms with Crippen LogP contribution in [0.5, 0.6) is 5.75 Å². The molecule has 0 saturated carbocycles. The predicted octanol–water partition coefficient (Wildman–Crippen LogP) is 5.45. The van der Waals surface area contributed by atoms with E-state index in [0.717, 1.165) is 16.8 Å². The molecule has 0 bridgehead atoms. The van der Waals surface area contributed by atoms with E-state index in [-0.39, 0.29) is 5.75 Å². The van der Waals surface area contributed by atoms with Gasteiger partial charge < -0.3 is 9.84 Å². The van der Waals surface area contributed by atoms with E-state index in [2.05, 4.69) is 16.3 Å². The molecule has 1 heterocycles. The summed E-state index contributed by atoms with van der Waals surface area (Å²) in [6.45, 7) is 4.29. The van der Waals surface area contributed by atoms with Crippen molar-refractivity contribution in [1.29, 1.82) is 5.26 Å². The van der Waals surface area contributed by atoms with Gasteiger partial charge in [-0.15, -0.1) is 0 Å². The van der Waals surface area contributed by atoms with Crippen LogP contribution in [0.25, 0.3) is 6.08 Å². The monoisotopic (exact) mass is 345 g/mol. The smallest absolute Gasteiger partial charge is 0.115 e. The number of hydrogen-bond acceptors (Lipinski definition) is 5. The van der Waals surface area contributed by atoms with Crippen molar-refractivity contribution in [2.75, 3.05) is 6.61 Å². The van der Waals surface area contributed by atoms with Crippen molar-refractivity contribution < 1.29 is 9.84 Å². The van der Waals surface area contributed by atoms with E-state index in [4.69, 9.17) is 4.74 Å². The third kappa shape index (κ3) is 4.05. The fraction of sp³-hybridized carbons (Fsp3) is 0.190. The van der Waals surface area contributed by atoms with E-state index in [1.807, 2.05) is 50.3 Å². The minimum Gasteiger partial charge on any atom is -0.508 e. The summed E-state index contributed by atoms with van der Waals surface area (Å²) in [5.74, 6) is 0.200. The highest BCUT2D eigenvalue weighted by atomic mass is 16.5. The quantitative estimate of drug-likeness (QED) is 0.748. The number of phenols is 1. The Balaban J connectivity index is 1.72. The van der Waals surface area contributed by atoms with E-state index in [1.54, 1.807) is 24.3 Å². The van der Waals surface area contributed by atoms with Crippen LogP contribution in [0, 0.1) is 11.3 Å². The number of nitrogens with zero attached hydrogens (tertiary/aromatic N) is 3. The van der Waals surface area contributed by atoms with E-state index in [9.17, 15) is 10.4 Å². The Hall–Kier alpha value is -3.23. The number of hydrogen-bond donors (Lipinski definition) is 1. The van der Waals surface area contributed by atoms with Gasteiger partial charge >= 0.3 is 0 Å². The maximum Gasteiger partial charge on any atom is 0.115 e. The molecule has 0 unspecified atom stereocenters. The minimum atomic E-state index is -0.445. The first-order valence-corrected chi connectivity index (χ1v) is 8.24. The van der Waals surface area contributed by atoms with Crippen LogP contribution in [0.1, 0.15) is 19.4 Å². The average molecular weight is 345 g/mol. The van der Waals surface area contributed by atoms with Crippen molar-refractivity contribution in [3.63, 3.8) is 0 Å². The van der Waals surface area contributed by atoms with Gasteiger partial charge in [-0.1, -0.05) is 24.3 Å². The number of azo groups is 1. The van der Waals surface area contributed by atoms with Crippen LogP contribution >= 0.6 is 0 Å². The Kier molecular flexibility index (Phi) is 4.97. The first-order valence-electron chi connectivity index (χ1n) is 8.24. The zero-order chi connectivity index (χ0) is 18.6. The molecule has 0 amide bonds. The van der Waals surface area contributed by atoms with Gasteiger partial charge in [-0.25, -0.2) is 0 Å². The number of phenolic OH excluding ortho intramolecular Hbond substituents is 1. The molecular weight excluding hydrogens is 326 g/mol. The van der Waals surface area contributed by atoms with Crippen molar-refractivity contribution >= 4 is 17.5 Å². The van der Waals surface area contributed by atoms with Gasteiger partial charge in [-0.2, -0.15) is 15.5 Å². The maximum atomic E-state index is 9.26. The molecule has 3 rings (SSSR count). The summed E-state index contributed by atoms with van der Waals surface area (Å²) in [7, 11) is 0. The van der Waals surface area contributed by atoms with Gasteiger partial charge in [0.2, 0.25) is 0 Å². The molecule has 1 aliphatic rings. The molecule has 1 aliphatic heterocycles. The Labute approximate surface area is 152 Å². The van der Waals surface area contributed by atoms with Crippen molar-refractivity contribution in [3.8, 4) is 11.8 Å². The van der Waals surface area contributed by atoms with E-state index in [0.29, 0.717) is 17.9 Å². The van der Waals surface area contributed by atoms with Crippen molar-refractivity contribution in [2.24, 2.45) is 10.2 Å². The molecule has 2 aromatic carbocycles. The number of nitriles is 1. The van der Waals surface area contributed by atoms with Gasteiger partial charge in [0.25, 0.3) is 0 Å². The SMILES string of the molecule is CC1(C)OCC(C#N)=C1/C=C/c1ccc(N=Nc2ccc(O)cc2)cc1. The maximum absolute atomic E-state index is 9.26. The van der Waals surface area contributed by atoms with E-state index >= 15 is 0 Å². The number of aromatic hydroxyl groups is 1. The highest BCUT2D eigenvalue weighted by Gasteiger charge is 2.31. The van der Waals surface area contributed by atoms with Crippen LogP contribution in [-0.2, 0) is 4.74 Å². The first kappa shape index (κ1) is 17.6. The van der Waals surface area contributed by atoms with Crippen molar-refractivity contribution in [3.05, 3.63) is 71.3 Å². The predicted molar refractivity (Wildman–Crippen MR) is 100 cm³/mol. The molecule has 0 spiro atoms. The fourth-order valence-electron chi connectivity index (χ4n) is 2.63. The molecule has 130 valence electrons. The normalized spacial score (nSPS) is 16.5. The highest BCUT2D eigenvalue weighted by Crippen LogP contribution is 2.32. The summed E-state index contributed by atoms with van der Waals surface area (Å²) in [5, 5.41) is 26.8. The van der Waals surface area contributed by atoms with Crippen LogP contribution in [-0.4, -0.2) is 17.3 Å². The summed E-state index contributed by atoms with van der Waals surface area (Å²) >= 11 is 0. The fourth-order valence-corrected chi connectivity index (χ4v) is 2.63. The third-order valence-corrected chi connectivity index (χ3v) is 4.15.